The summed E-state index contributed by atoms with van der Waals surface area (Å²) in [5.74, 6) is -0.912. The summed E-state index contributed by atoms with van der Waals surface area (Å²) in [6, 6.07) is 11.1. The Kier molecular flexibility index (Phi) is 6.31. The number of nitrogens with one attached hydrogen (secondary N) is 2. The van der Waals surface area contributed by atoms with Crippen molar-refractivity contribution in [2.75, 3.05) is 6.61 Å². The lowest BCUT2D eigenvalue weighted by atomic mass is 10.1. The zero-order valence-corrected chi connectivity index (χ0v) is 14.5. The molecule has 7 heteroatoms. The number of ether oxygens (including phenoxy) is 1. The van der Waals surface area contributed by atoms with E-state index < -0.39 is 17.6 Å². The molecule has 0 aliphatic carbocycles. The average molecular weight is 395 g/mol. The van der Waals surface area contributed by atoms with Gasteiger partial charge in [0.25, 0.3) is 11.8 Å². The first-order chi connectivity index (χ1) is 11.5. The van der Waals surface area contributed by atoms with E-state index in [1.165, 1.54) is 12.1 Å². The largest absolute Gasteiger partial charge is 0.483 e. The van der Waals surface area contributed by atoms with E-state index >= 15 is 0 Å². The summed E-state index contributed by atoms with van der Waals surface area (Å²) < 4.78 is 18.7. The molecule has 0 spiro atoms. The topological polar surface area (TPSA) is 67.4 Å². The smallest absolute Gasteiger partial charge is 0.276 e. The van der Waals surface area contributed by atoms with E-state index in [2.05, 4.69) is 26.8 Å². The molecule has 2 aromatic carbocycles. The Morgan fingerprint density at radius 2 is 1.92 bits per heavy atom. The number of carbonyl (C=O) groups excluding carboxylic acids is 2. The van der Waals surface area contributed by atoms with Crippen LogP contribution in [0.3, 0.4) is 0 Å². The summed E-state index contributed by atoms with van der Waals surface area (Å²) >= 11 is 3.09. The number of hydrogen-bond donors (Lipinski definition) is 2. The third-order valence-electron chi connectivity index (χ3n) is 3.20. The molecule has 24 heavy (non-hydrogen) atoms. The third-order valence-corrected chi connectivity index (χ3v) is 3.86. The van der Waals surface area contributed by atoms with Crippen LogP contribution in [0.5, 0.6) is 5.75 Å². The highest BCUT2D eigenvalue weighted by atomic mass is 79.9. The van der Waals surface area contributed by atoms with E-state index in [9.17, 15) is 14.0 Å². The maximum atomic E-state index is 13.0. The van der Waals surface area contributed by atoms with Gasteiger partial charge in [-0.2, -0.15) is 0 Å². The molecule has 2 amide bonds. The van der Waals surface area contributed by atoms with Gasteiger partial charge in [-0.3, -0.25) is 20.4 Å². The van der Waals surface area contributed by atoms with Gasteiger partial charge in [0.15, 0.2) is 6.61 Å². The van der Waals surface area contributed by atoms with Crippen LogP contribution < -0.4 is 15.6 Å². The predicted molar refractivity (Wildman–Crippen MR) is 91.0 cm³/mol. The van der Waals surface area contributed by atoms with Crippen LogP contribution in [0, 0.1) is 5.82 Å². The average Bonchev–Trinajstić information content (AvgIpc) is 2.58. The highest BCUT2D eigenvalue weighted by Gasteiger charge is 2.12. The van der Waals surface area contributed by atoms with Crippen molar-refractivity contribution in [2.45, 2.75) is 13.3 Å². The molecule has 0 fully saturated rings. The summed E-state index contributed by atoms with van der Waals surface area (Å²) in [6.45, 7) is 1.75. The van der Waals surface area contributed by atoms with E-state index in [1.54, 1.807) is 6.07 Å². The van der Waals surface area contributed by atoms with Crippen LogP contribution >= 0.6 is 15.9 Å². The second-order valence-corrected chi connectivity index (χ2v) is 5.73. The highest BCUT2D eigenvalue weighted by molar-refractivity contribution is 9.10. The maximum absolute atomic E-state index is 13.0. The second-order valence-electron chi connectivity index (χ2n) is 4.88. The van der Waals surface area contributed by atoms with Gasteiger partial charge in [0.2, 0.25) is 0 Å². The molecular weight excluding hydrogens is 379 g/mol. The Morgan fingerprint density at radius 3 is 2.62 bits per heavy atom. The number of para-hydroxylation sites is 1. The minimum Gasteiger partial charge on any atom is -0.483 e. The van der Waals surface area contributed by atoms with Crippen molar-refractivity contribution >= 4 is 27.7 Å². The highest BCUT2D eigenvalue weighted by Crippen LogP contribution is 2.18. The van der Waals surface area contributed by atoms with Gasteiger partial charge < -0.3 is 4.74 Å². The fourth-order valence-corrected chi connectivity index (χ4v) is 2.51. The SMILES string of the molecule is CCc1ccccc1OCC(=O)NNC(=O)c1ccc(F)cc1Br. The molecule has 2 aromatic rings. The standard InChI is InChI=1S/C17H16BrFN2O3/c1-2-11-5-3-4-6-15(11)24-10-16(22)20-21-17(23)13-8-7-12(19)9-14(13)18/h3-9H,2,10H2,1H3,(H,20,22)(H,21,23). The summed E-state index contributed by atoms with van der Waals surface area (Å²) in [6.07, 6.45) is 0.785. The Bertz CT molecular complexity index is 752. The van der Waals surface area contributed by atoms with Crippen molar-refractivity contribution in [3.8, 4) is 5.75 Å². The number of halogens is 2. The maximum Gasteiger partial charge on any atom is 0.276 e. The van der Waals surface area contributed by atoms with Crippen molar-refractivity contribution in [2.24, 2.45) is 0 Å². The van der Waals surface area contributed by atoms with Gasteiger partial charge in [-0.1, -0.05) is 25.1 Å². The number of carbonyl (C=O) groups is 2. The quantitative estimate of drug-likeness (QED) is 0.765. The number of hydrogen-bond acceptors (Lipinski definition) is 3. The third kappa shape index (κ3) is 4.79. The number of benzene rings is 2. The molecule has 0 atom stereocenters. The second kappa shape index (κ2) is 8.44. The van der Waals surface area contributed by atoms with Crippen molar-refractivity contribution in [1.82, 2.24) is 10.9 Å². The number of amides is 2. The van der Waals surface area contributed by atoms with Crippen molar-refractivity contribution in [3.63, 3.8) is 0 Å². The van der Waals surface area contributed by atoms with E-state index in [4.69, 9.17) is 4.74 Å². The van der Waals surface area contributed by atoms with Crippen molar-refractivity contribution in [1.29, 1.82) is 0 Å². The van der Waals surface area contributed by atoms with Gasteiger partial charge in [-0.15, -0.1) is 0 Å². The van der Waals surface area contributed by atoms with Crippen LogP contribution in [0.25, 0.3) is 0 Å². The fourth-order valence-electron chi connectivity index (χ4n) is 1.98. The predicted octanol–water partition coefficient (Wildman–Crippen LogP) is 2.99. The van der Waals surface area contributed by atoms with Gasteiger partial charge in [-0.25, -0.2) is 4.39 Å². The molecule has 0 saturated carbocycles. The van der Waals surface area contributed by atoms with Crippen LogP contribution in [-0.2, 0) is 11.2 Å². The minimum atomic E-state index is -0.566. The first kappa shape index (κ1) is 17.9. The Balaban J connectivity index is 1.85. The van der Waals surface area contributed by atoms with Crippen LogP contribution in [0.15, 0.2) is 46.9 Å². The van der Waals surface area contributed by atoms with E-state index in [1.807, 2.05) is 25.1 Å². The van der Waals surface area contributed by atoms with Crippen LogP contribution in [0.4, 0.5) is 4.39 Å². The lowest BCUT2D eigenvalue weighted by molar-refractivity contribution is -0.123. The molecule has 0 unspecified atom stereocenters. The van der Waals surface area contributed by atoms with Gasteiger partial charge in [0.05, 0.1) is 5.56 Å². The zero-order chi connectivity index (χ0) is 17.5. The number of aryl methyl sites for hydroxylation is 1. The Labute approximate surface area is 147 Å². The summed E-state index contributed by atoms with van der Waals surface area (Å²) in [5.41, 5.74) is 5.70. The molecular formula is C17H16BrFN2O3. The fraction of sp³-hybridized carbons (Fsp3) is 0.176. The van der Waals surface area contributed by atoms with Gasteiger partial charge in [0.1, 0.15) is 11.6 Å². The van der Waals surface area contributed by atoms with Crippen LogP contribution in [0.2, 0.25) is 0 Å². The summed E-state index contributed by atoms with van der Waals surface area (Å²) in [5, 5.41) is 0. The number of hydrazine groups is 1. The molecule has 0 aliphatic heterocycles. The lowest BCUT2D eigenvalue weighted by Crippen LogP contribution is -2.44. The molecule has 0 bridgehead atoms. The van der Waals surface area contributed by atoms with E-state index in [0.717, 1.165) is 18.1 Å². The Morgan fingerprint density at radius 1 is 1.17 bits per heavy atom. The minimum absolute atomic E-state index is 0.203. The van der Waals surface area contributed by atoms with Gasteiger partial charge in [-0.05, 0) is 52.2 Å². The molecule has 0 radical (unpaired) electrons. The molecule has 5 nitrogen and oxygen atoms in total. The molecule has 126 valence electrons. The summed E-state index contributed by atoms with van der Waals surface area (Å²) in [7, 11) is 0. The normalized spacial score (nSPS) is 10.1. The monoisotopic (exact) mass is 394 g/mol. The van der Waals surface area contributed by atoms with Crippen molar-refractivity contribution in [3.05, 3.63) is 63.9 Å². The first-order valence-electron chi connectivity index (χ1n) is 7.26. The van der Waals surface area contributed by atoms with Gasteiger partial charge >= 0.3 is 0 Å². The van der Waals surface area contributed by atoms with Gasteiger partial charge in [0, 0.05) is 4.47 Å². The molecule has 2 N–H and O–H groups in total. The lowest BCUT2D eigenvalue weighted by Gasteiger charge is -2.11. The van der Waals surface area contributed by atoms with E-state index in [-0.39, 0.29) is 12.2 Å². The summed E-state index contributed by atoms with van der Waals surface area (Å²) in [4.78, 5) is 23.7. The van der Waals surface area contributed by atoms with Crippen molar-refractivity contribution < 1.29 is 18.7 Å². The molecule has 0 aromatic heterocycles. The van der Waals surface area contributed by atoms with E-state index in [0.29, 0.717) is 10.2 Å². The molecule has 2 rings (SSSR count). The zero-order valence-electron chi connectivity index (χ0n) is 12.9. The number of rotatable bonds is 5. The Hall–Kier alpha value is -2.41. The molecule has 0 heterocycles. The van der Waals surface area contributed by atoms with Crippen LogP contribution in [-0.4, -0.2) is 18.4 Å². The first-order valence-corrected chi connectivity index (χ1v) is 8.05. The van der Waals surface area contributed by atoms with Crippen LogP contribution in [0.1, 0.15) is 22.8 Å². The molecule has 0 aliphatic rings. The molecule has 0 saturated heterocycles.